The number of amides is 1. The van der Waals surface area contributed by atoms with Crippen LogP contribution in [0.1, 0.15) is 23.7 Å². The van der Waals surface area contributed by atoms with E-state index in [2.05, 4.69) is 10.3 Å². The van der Waals surface area contributed by atoms with Gasteiger partial charge in [-0.25, -0.2) is 22.5 Å². The number of hydrogen-bond acceptors (Lipinski definition) is 4. The van der Waals surface area contributed by atoms with Crippen molar-refractivity contribution in [2.24, 2.45) is 11.7 Å². The van der Waals surface area contributed by atoms with Crippen LogP contribution in [0.2, 0.25) is 0 Å². The molecule has 1 saturated heterocycles. The van der Waals surface area contributed by atoms with Crippen LogP contribution in [0.15, 0.2) is 42.6 Å². The van der Waals surface area contributed by atoms with E-state index in [-0.39, 0.29) is 42.5 Å². The van der Waals surface area contributed by atoms with Gasteiger partial charge in [0.25, 0.3) is 5.91 Å². The molecule has 1 aliphatic heterocycles. The highest BCUT2D eigenvalue weighted by molar-refractivity contribution is 6.06. The molecule has 4 rings (SSSR count). The van der Waals surface area contributed by atoms with Crippen molar-refractivity contribution in [2.75, 3.05) is 23.3 Å². The third-order valence-electron chi connectivity index (χ3n) is 5.68. The normalized spacial score (nSPS) is 17.1. The summed E-state index contributed by atoms with van der Waals surface area (Å²) in [6.07, 6.45) is 1.86. The van der Waals surface area contributed by atoms with Gasteiger partial charge in [0.1, 0.15) is 23.3 Å². The van der Waals surface area contributed by atoms with Crippen molar-refractivity contribution < 1.29 is 26.7 Å². The number of rotatable bonds is 4. The van der Waals surface area contributed by atoms with Gasteiger partial charge in [0.15, 0.2) is 0 Å². The molecular formula is C24H23Cl2F5N4O. The van der Waals surface area contributed by atoms with Crippen LogP contribution >= 0.6 is 24.8 Å². The highest BCUT2D eigenvalue weighted by atomic mass is 35.5. The Kier molecular flexibility index (Phi) is 9.64. The molecule has 194 valence electrons. The van der Waals surface area contributed by atoms with Gasteiger partial charge >= 0.3 is 0 Å². The van der Waals surface area contributed by atoms with Crippen molar-refractivity contribution >= 4 is 42.1 Å². The molecule has 2 heterocycles. The summed E-state index contributed by atoms with van der Waals surface area (Å²) in [4.78, 5) is 18.3. The predicted octanol–water partition coefficient (Wildman–Crippen LogP) is 5.71. The van der Waals surface area contributed by atoms with Gasteiger partial charge in [-0.15, -0.1) is 24.8 Å². The van der Waals surface area contributed by atoms with Crippen LogP contribution < -0.4 is 16.0 Å². The molecular weight excluding hydrogens is 526 g/mol. The van der Waals surface area contributed by atoms with Gasteiger partial charge < -0.3 is 16.0 Å². The fourth-order valence-corrected chi connectivity index (χ4v) is 4.26. The minimum atomic E-state index is -1.44. The fraction of sp³-hybridized carbons (Fsp3) is 0.250. The SMILES string of the molecule is C[C@@H]1C[C@H](N)CN(c2cc(F)ncc2NC(=O)c2ccc(F)c(-c3c(F)cccc3F)c2F)C1.Cl.Cl. The Hall–Kier alpha value is -2.95. The Bertz CT molecular complexity index is 1230. The van der Waals surface area contributed by atoms with E-state index in [4.69, 9.17) is 5.73 Å². The van der Waals surface area contributed by atoms with Crippen molar-refractivity contribution in [1.29, 1.82) is 0 Å². The van der Waals surface area contributed by atoms with E-state index >= 15 is 4.39 Å². The van der Waals surface area contributed by atoms with E-state index in [1.165, 1.54) is 0 Å². The summed E-state index contributed by atoms with van der Waals surface area (Å²) < 4.78 is 72.0. The van der Waals surface area contributed by atoms with E-state index in [1.807, 2.05) is 6.92 Å². The molecule has 2 atom stereocenters. The van der Waals surface area contributed by atoms with Crippen LogP contribution in [0.4, 0.5) is 33.3 Å². The molecule has 0 aliphatic carbocycles. The summed E-state index contributed by atoms with van der Waals surface area (Å²) >= 11 is 0. The Morgan fingerprint density at radius 2 is 1.64 bits per heavy atom. The first-order chi connectivity index (χ1) is 16.2. The molecule has 12 heteroatoms. The average molecular weight is 549 g/mol. The maximum absolute atomic E-state index is 15.2. The topological polar surface area (TPSA) is 71.2 Å². The summed E-state index contributed by atoms with van der Waals surface area (Å²) in [6.45, 7) is 2.93. The molecule has 3 N–H and O–H groups in total. The summed E-state index contributed by atoms with van der Waals surface area (Å²) in [7, 11) is 0. The zero-order valence-electron chi connectivity index (χ0n) is 18.9. The molecule has 5 nitrogen and oxygen atoms in total. The monoisotopic (exact) mass is 548 g/mol. The van der Waals surface area contributed by atoms with Gasteiger partial charge in [0.2, 0.25) is 5.95 Å². The van der Waals surface area contributed by atoms with Crippen LogP contribution in [0.3, 0.4) is 0 Å². The number of nitrogens with zero attached hydrogens (tertiary/aromatic N) is 2. The lowest BCUT2D eigenvalue weighted by molar-refractivity contribution is 0.102. The molecule has 36 heavy (non-hydrogen) atoms. The Morgan fingerprint density at radius 1 is 1.00 bits per heavy atom. The molecule has 2 aromatic carbocycles. The minimum absolute atomic E-state index is 0. The number of carbonyl (C=O) groups is 1. The van der Waals surface area contributed by atoms with Crippen LogP contribution in [-0.4, -0.2) is 30.0 Å². The Labute approximate surface area is 216 Å². The number of piperidine rings is 1. The Morgan fingerprint density at radius 3 is 2.28 bits per heavy atom. The lowest BCUT2D eigenvalue weighted by atomic mass is 9.96. The van der Waals surface area contributed by atoms with E-state index < -0.39 is 51.8 Å². The second-order valence-corrected chi connectivity index (χ2v) is 8.36. The molecule has 1 aromatic heterocycles. The number of carbonyl (C=O) groups excluding carboxylic acids is 1. The highest BCUT2D eigenvalue weighted by Gasteiger charge is 2.27. The van der Waals surface area contributed by atoms with Gasteiger partial charge in [-0.05, 0) is 36.6 Å². The van der Waals surface area contributed by atoms with Crippen molar-refractivity contribution in [3.63, 3.8) is 0 Å². The zero-order valence-corrected chi connectivity index (χ0v) is 20.5. The van der Waals surface area contributed by atoms with E-state index in [0.717, 1.165) is 49.0 Å². The second kappa shape index (κ2) is 11.9. The first-order valence-electron chi connectivity index (χ1n) is 10.6. The lowest BCUT2D eigenvalue weighted by Gasteiger charge is -2.37. The van der Waals surface area contributed by atoms with Crippen molar-refractivity contribution in [3.8, 4) is 11.1 Å². The number of benzene rings is 2. The van der Waals surface area contributed by atoms with Gasteiger partial charge in [0, 0.05) is 25.2 Å². The van der Waals surface area contributed by atoms with Crippen LogP contribution in [0.5, 0.6) is 0 Å². The molecule has 0 bridgehead atoms. The molecule has 1 amide bonds. The number of pyridine rings is 1. The van der Waals surface area contributed by atoms with Crippen molar-refractivity contribution in [2.45, 2.75) is 19.4 Å². The predicted molar refractivity (Wildman–Crippen MR) is 132 cm³/mol. The number of hydrogen-bond donors (Lipinski definition) is 2. The molecule has 0 saturated carbocycles. The highest BCUT2D eigenvalue weighted by Crippen LogP contribution is 2.34. The van der Waals surface area contributed by atoms with Gasteiger partial charge in [-0.2, -0.15) is 4.39 Å². The number of halogens is 7. The third-order valence-corrected chi connectivity index (χ3v) is 5.68. The fourth-order valence-electron chi connectivity index (χ4n) is 4.26. The second-order valence-electron chi connectivity index (χ2n) is 8.36. The smallest absolute Gasteiger partial charge is 0.258 e. The van der Waals surface area contributed by atoms with Crippen LogP contribution in [0, 0.1) is 35.1 Å². The molecule has 3 aromatic rings. The maximum Gasteiger partial charge on any atom is 0.258 e. The number of nitrogens with one attached hydrogen (secondary N) is 1. The molecule has 0 radical (unpaired) electrons. The van der Waals surface area contributed by atoms with Crippen LogP contribution in [0.25, 0.3) is 11.1 Å². The summed E-state index contributed by atoms with van der Waals surface area (Å²) in [5, 5.41) is 2.45. The summed E-state index contributed by atoms with van der Waals surface area (Å²) in [5.41, 5.74) is 3.87. The van der Waals surface area contributed by atoms with Gasteiger partial charge in [-0.1, -0.05) is 13.0 Å². The third kappa shape index (κ3) is 5.88. The zero-order chi connectivity index (χ0) is 24.6. The van der Waals surface area contributed by atoms with E-state index in [9.17, 15) is 22.4 Å². The molecule has 0 spiro atoms. The first-order valence-corrected chi connectivity index (χ1v) is 10.6. The first kappa shape index (κ1) is 29.3. The average Bonchev–Trinajstić information content (AvgIpc) is 2.76. The molecule has 1 fully saturated rings. The quantitative estimate of drug-likeness (QED) is 0.323. The molecule has 1 aliphatic rings. The van der Waals surface area contributed by atoms with Crippen molar-refractivity contribution in [3.05, 3.63) is 77.4 Å². The molecule has 0 unspecified atom stereocenters. The maximum atomic E-state index is 15.2. The van der Waals surface area contributed by atoms with Gasteiger partial charge in [0.05, 0.1) is 34.3 Å². The summed E-state index contributed by atoms with van der Waals surface area (Å²) in [6, 6.07) is 5.32. The van der Waals surface area contributed by atoms with E-state index in [1.54, 1.807) is 4.90 Å². The number of anilines is 2. The standard InChI is InChI=1S/C24H21F5N4O.2ClH/c1-12-7-13(30)11-33(10-12)19-8-20(28)31-9-18(19)32-24(34)14-5-6-17(27)22(23(14)29)21-15(25)3-2-4-16(21)26;;/h2-6,8-9,12-13H,7,10-11,30H2,1H3,(H,32,34);2*1H/t12-,13+;;/m1../s1. The largest absolute Gasteiger partial charge is 0.368 e. The Balaban J connectivity index is 0.00000228. The lowest BCUT2D eigenvalue weighted by Crippen LogP contribution is -2.46. The van der Waals surface area contributed by atoms with Gasteiger partial charge in [-0.3, -0.25) is 4.79 Å². The van der Waals surface area contributed by atoms with Crippen LogP contribution in [-0.2, 0) is 0 Å². The minimum Gasteiger partial charge on any atom is -0.368 e. The van der Waals surface area contributed by atoms with Crippen molar-refractivity contribution in [1.82, 2.24) is 4.98 Å². The summed E-state index contributed by atoms with van der Waals surface area (Å²) in [5.74, 6) is -6.65. The number of nitrogens with two attached hydrogens (primary N) is 1. The number of aromatic nitrogens is 1. The van der Waals surface area contributed by atoms with E-state index in [0.29, 0.717) is 18.8 Å².